The molecule has 0 saturated carbocycles. The van der Waals surface area contributed by atoms with Gasteiger partial charge >= 0.3 is 0 Å². The number of hydrogen-bond acceptors (Lipinski definition) is 5. The molecule has 2 N–H and O–H groups in total. The van der Waals surface area contributed by atoms with Gasteiger partial charge in [0.05, 0.1) is 5.25 Å². The first-order valence-electron chi connectivity index (χ1n) is 6.05. The summed E-state index contributed by atoms with van der Waals surface area (Å²) >= 11 is 1.79. The SMILES string of the molecule is CC(N)Cc1noc(C2Cc3ccccc3S2)n1. The van der Waals surface area contributed by atoms with Gasteiger partial charge in [-0.1, -0.05) is 23.4 Å². The highest BCUT2D eigenvalue weighted by Gasteiger charge is 2.28. The van der Waals surface area contributed by atoms with E-state index in [0.717, 1.165) is 6.42 Å². The van der Waals surface area contributed by atoms with E-state index < -0.39 is 0 Å². The lowest BCUT2D eigenvalue weighted by Crippen LogP contribution is -2.18. The molecule has 0 fully saturated rings. The Bertz CT molecular complexity index is 528. The molecule has 2 heterocycles. The van der Waals surface area contributed by atoms with Crippen LogP contribution in [0.4, 0.5) is 0 Å². The molecule has 2 atom stereocenters. The summed E-state index contributed by atoms with van der Waals surface area (Å²) < 4.78 is 5.34. The maximum Gasteiger partial charge on any atom is 0.240 e. The molecule has 0 spiro atoms. The van der Waals surface area contributed by atoms with Crippen LogP contribution in [0.25, 0.3) is 0 Å². The van der Waals surface area contributed by atoms with Crippen LogP contribution < -0.4 is 5.73 Å². The van der Waals surface area contributed by atoms with Crippen molar-refractivity contribution in [2.45, 2.75) is 36.0 Å². The molecule has 0 amide bonds. The summed E-state index contributed by atoms with van der Waals surface area (Å²) in [6.45, 7) is 1.94. The Hall–Kier alpha value is -1.33. The Morgan fingerprint density at radius 3 is 3.11 bits per heavy atom. The lowest BCUT2D eigenvalue weighted by atomic mass is 10.1. The fraction of sp³-hybridized carbons (Fsp3) is 0.385. The van der Waals surface area contributed by atoms with Crippen molar-refractivity contribution >= 4 is 11.8 Å². The van der Waals surface area contributed by atoms with E-state index in [2.05, 4.69) is 34.4 Å². The van der Waals surface area contributed by atoms with Crippen molar-refractivity contribution in [2.75, 3.05) is 0 Å². The molecule has 1 aliphatic rings. The van der Waals surface area contributed by atoms with E-state index in [-0.39, 0.29) is 11.3 Å². The number of fused-ring (bicyclic) bond motifs is 1. The number of hydrogen-bond donors (Lipinski definition) is 1. The second-order valence-electron chi connectivity index (χ2n) is 4.65. The predicted molar refractivity (Wildman–Crippen MR) is 70.4 cm³/mol. The van der Waals surface area contributed by atoms with Gasteiger partial charge in [-0.25, -0.2) is 0 Å². The Kier molecular flexibility index (Phi) is 3.09. The molecule has 5 heteroatoms. The van der Waals surface area contributed by atoms with Crippen molar-refractivity contribution < 1.29 is 4.52 Å². The van der Waals surface area contributed by atoms with Crippen LogP contribution in [0.1, 0.15) is 29.5 Å². The summed E-state index contributed by atoms with van der Waals surface area (Å²) in [7, 11) is 0. The van der Waals surface area contributed by atoms with Crippen LogP contribution in [-0.2, 0) is 12.8 Å². The summed E-state index contributed by atoms with van der Waals surface area (Å²) in [6.07, 6.45) is 1.62. The van der Waals surface area contributed by atoms with Gasteiger partial charge in [0, 0.05) is 17.4 Å². The average Bonchev–Trinajstić information content (AvgIpc) is 2.93. The number of rotatable bonds is 3. The van der Waals surface area contributed by atoms with Crippen LogP contribution in [0.3, 0.4) is 0 Å². The summed E-state index contributed by atoms with van der Waals surface area (Å²) in [5, 5.41) is 4.23. The average molecular weight is 261 g/mol. The topological polar surface area (TPSA) is 64.9 Å². The highest BCUT2D eigenvalue weighted by atomic mass is 32.2. The first-order valence-corrected chi connectivity index (χ1v) is 6.93. The van der Waals surface area contributed by atoms with Crippen LogP contribution in [-0.4, -0.2) is 16.2 Å². The number of nitrogens with two attached hydrogens (primary N) is 1. The van der Waals surface area contributed by atoms with Gasteiger partial charge in [0.1, 0.15) is 0 Å². The number of thioether (sulfide) groups is 1. The van der Waals surface area contributed by atoms with Gasteiger partial charge in [0.25, 0.3) is 0 Å². The molecular formula is C13H15N3OS. The molecule has 0 aliphatic carbocycles. The van der Waals surface area contributed by atoms with Crippen molar-refractivity contribution in [3.63, 3.8) is 0 Å². The second kappa shape index (κ2) is 4.74. The Morgan fingerprint density at radius 1 is 1.50 bits per heavy atom. The van der Waals surface area contributed by atoms with Crippen LogP contribution in [0.2, 0.25) is 0 Å². The number of benzene rings is 1. The van der Waals surface area contributed by atoms with Crippen LogP contribution >= 0.6 is 11.8 Å². The maximum absolute atomic E-state index is 5.73. The second-order valence-corrected chi connectivity index (χ2v) is 5.89. The van der Waals surface area contributed by atoms with E-state index in [4.69, 9.17) is 10.3 Å². The Morgan fingerprint density at radius 2 is 2.33 bits per heavy atom. The van der Waals surface area contributed by atoms with Gasteiger partial charge in [-0.05, 0) is 25.0 Å². The zero-order chi connectivity index (χ0) is 12.5. The van der Waals surface area contributed by atoms with Crippen molar-refractivity contribution in [1.82, 2.24) is 10.1 Å². The van der Waals surface area contributed by atoms with Crippen molar-refractivity contribution in [2.24, 2.45) is 5.73 Å². The van der Waals surface area contributed by atoms with Crippen molar-refractivity contribution in [3.8, 4) is 0 Å². The molecule has 1 aliphatic heterocycles. The minimum atomic E-state index is 0.0591. The lowest BCUT2D eigenvalue weighted by Gasteiger charge is -2.00. The molecule has 1 aromatic heterocycles. The molecular weight excluding hydrogens is 246 g/mol. The molecule has 94 valence electrons. The smallest absolute Gasteiger partial charge is 0.240 e. The van der Waals surface area contributed by atoms with Crippen LogP contribution in [0, 0.1) is 0 Å². The molecule has 0 saturated heterocycles. The van der Waals surface area contributed by atoms with Gasteiger partial charge in [0.2, 0.25) is 5.89 Å². The van der Waals surface area contributed by atoms with Gasteiger partial charge in [-0.3, -0.25) is 0 Å². The summed E-state index contributed by atoms with van der Waals surface area (Å²) in [5.74, 6) is 1.42. The normalized spacial score (nSPS) is 19.8. The lowest BCUT2D eigenvalue weighted by molar-refractivity contribution is 0.370. The zero-order valence-electron chi connectivity index (χ0n) is 10.2. The molecule has 4 nitrogen and oxygen atoms in total. The molecule has 3 rings (SSSR count). The number of nitrogens with zero attached hydrogens (tertiary/aromatic N) is 2. The fourth-order valence-electron chi connectivity index (χ4n) is 2.09. The Balaban J connectivity index is 1.76. The minimum absolute atomic E-state index is 0.0591. The van der Waals surface area contributed by atoms with Gasteiger partial charge in [-0.15, -0.1) is 11.8 Å². The molecule has 0 radical (unpaired) electrons. The van der Waals surface area contributed by atoms with E-state index in [1.54, 1.807) is 11.8 Å². The highest BCUT2D eigenvalue weighted by molar-refractivity contribution is 7.99. The number of aromatic nitrogens is 2. The van der Waals surface area contributed by atoms with E-state index in [1.807, 2.05) is 6.92 Å². The summed E-state index contributed by atoms with van der Waals surface area (Å²) in [4.78, 5) is 5.75. The van der Waals surface area contributed by atoms with Crippen molar-refractivity contribution in [1.29, 1.82) is 0 Å². The summed E-state index contributed by atoms with van der Waals surface area (Å²) in [5.41, 5.74) is 7.09. The first-order chi connectivity index (χ1) is 8.72. The third-order valence-electron chi connectivity index (χ3n) is 2.91. The largest absolute Gasteiger partial charge is 0.338 e. The molecule has 18 heavy (non-hydrogen) atoms. The third kappa shape index (κ3) is 2.28. The molecule has 1 aromatic carbocycles. The monoisotopic (exact) mass is 261 g/mol. The molecule has 2 aromatic rings. The fourth-order valence-corrected chi connectivity index (χ4v) is 3.31. The van der Waals surface area contributed by atoms with E-state index >= 15 is 0 Å². The zero-order valence-corrected chi connectivity index (χ0v) is 11.0. The maximum atomic E-state index is 5.73. The standard InChI is InChI=1S/C13H15N3OS/c1-8(14)6-12-15-13(17-16-12)11-7-9-4-2-3-5-10(9)18-11/h2-5,8,11H,6-7,14H2,1H3. The molecule has 2 unspecified atom stereocenters. The van der Waals surface area contributed by atoms with Gasteiger partial charge in [-0.2, -0.15) is 4.98 Å². The third-order valence-corrected chi connectivity index (χ3v) is 4.22. The van der Waals surface area contributed by atoms with E-state index in [0.29, 0.717) is 18.1 Å². The predicted octanol–water partition coefficient (Wildman–Crippen LogP) is 2.35. The van der Waals surface area contributed by atoms with Crippen LogP contribution in [0.5, 0.6) is 0 Å². The van der Waals surface area contributed by atoms with E-state index in [1.165, 1.54) is 10.5 Å². The molecule has 0 bridgehead atoms. The minimum Gasteiger partial charge on any atom is -0.338 e. The van der Waals surface area contributed by atoms with Gasteiger partial charge in [0.15, 0.2) is 5.82 Å². The Labute approximate surface area is 110 Å². The summed E-state index contributed by atoms with van der Waals surface area (Å²) in [6, 6.07) is 8.48. The quantitative estimate of drug-likeness (QED) is 0.918. The van der Waals surface area contributed by atoms with Gasteiger partial charge < -0.3 is 10.3 Å². The first kappa shape index (κ1) is 11.7. The van der Waals surface area contributed by atoms with E-state index in [9.17, 15) is 0 Å². The van der Waals surface area contributed by atoms with Crippen molar-refractivity contribution in [3.05, 3.63) is 41.5 Å². The van der Waals surface area contributed by atoms with Crippen LogP contribution in [0.15, 0.2) is 33.7 Å². The highest BCUT2D eigenvalue weighted by Crippen LogP contribution is 2.45.